The summed E-state index contributed by atoms with van der Waals surface area (Å²) >= 11 is 0. The smallest absolute Gasteiger partial charge is 0.183 e. The van der Waals surface area contributed by atoms with E-state index in [-0.39, 0.29) is 17.3 Å². The van der Waals surface area contributed by atoms with E-state index in [4.69, 9.17) is 0 Å². The van der Waals surface area contributed by atoms with Crippen molar-refractivity contribution in [1.82, 2.24) is 4.98 Å². The molecule has 29 heavy (non-hydrogen) atoms. The predicted octanol–water partition coefficient (Wildman–Crippen LogP) is 4.23. The third-order valence-electron chi connectivity index (χ3n) is 7.07. The van der Waals surface area contributed by atoms with Gasteiger partial charge in [-0.15, -0.1) is 0 Å². The lowest BCUT2D eigenvalue weighted by Gasteiger charge is -2.39. The number of hydrogen-bond donors (Lipinski definition) is 3. The molecule has 3 N–H and O–H groups in total. The minimum atomic E-state index is -0.753. The Labute approximate surface area is 171 Å². The molecule has 5 heteroatoms. The van der Waals surface area contributed by atoms with Crippen LogP contribution >= 0.6 is 0 Å². The summed E-state index contributed by atoms with van der Waals surface area (Å²) in [6, 6.07) is 1.96. The van der Waals surface area contributed by atoms with Crippen molar-refractivity contribution in [2.75, 3.05) is 18.0 Å². The first kappa shape index (κ1) is 18.3. The van der Waals surface area contributed by atoms with Crippen LogP contribution in [0.3, 0.4) is 0 Å². The van der Waals surface area contributed by atoms with Crippen LogP contribution in [-0.2, 0) is 24.1 Å². The number of aliphatic hydroxyl groups is 1. The molecule has 5 rings (SSSR count). The molecule has 1 aliphatic carbocycles. The summed E-state index contributed by atoms with van der Waals surface area (Å²) in [6.45, 7) is 8.14. The molecule has 2 aromatic rings. The molecular formula is C24H28N2O3. The zero-order valence-corrected chi connectivity index (χ0v) is 17.4. The first-order valence-electron chi connectivity index (χ1n) is 10.7. The molecule has 0 spiro atoms. The Balaban J connectivity index is 1.61. The lowest BCUT2D eigenvalue weighted by Crippen LogP contribution is -2.35. The molecule has 0 amide bonds. The zero-order valence-electron chi connectivity index (χ0n) is 17.4. The maximum absolute atomic E-state index is 13.2. The van der Waals surface area contributed by atoms with Crippen LogP contribution in [-0.4, -0.2) is 34.1 Å². The van der Waals surface area contributed by atoms with Crippen molar-refractivity contribution < 1.29 is 15.0 Å². The van der Waals surface area contributed by atoms with Crippen molar-refractivity contribution in [3.8, 4) is 5.75 Å². The predicted molar refractivity (Wildman–Crippen MR) is 114 cm³/mol. The number of benzene rings is 1. The Morgan fingerprint density at radius 2 is 1.90 bits per heavy atom. The van der Waals surface area contributed by atoms with E-state index in [1.54, 1.807) is 0 Å². The van der Waals surface area contributed by atoms with E-state index < -0.39 is 5.92 Å². The highest BCUT2D eigenvalue weighted by Gasteiger charge is 2.45. The van der Waals surface area contributed by atoms with Crippen LogP contribution in [0.15, 0.2) is 11.8 Å². The average molecular weight is 392 g/mol. The summed E-state index contributed by atoms with van der Waals surface area (Å²) in [7, 11) is 0. The van der Waals surface area contributed by atoms with Crippen LogP contribution in [0.1, 0.15) is 64.9 Å². The summed E-state index contributed by atoms with van der Waals surface area (Å²) < 4.78 is 0. The molecule has 1 aromatic heterocycles. The topological polar surface area (TPSA) is 76.6 Å². The van der Waals surface area contributed by atoms with Crippen LogP contribution in [0.25, 0.3) is 5.57 Å². The second kappa shape index (κ2) is 6.41. The number of nitrogens with one attached hydrogen (secondary N) is 1. The summed E-state index contributed by atoms with van der Waals surface area (Å²) in [4.78, 5) is 18.8. The van der Waals surface area contributed by atoms with Gasteiger partial charge in [-0.05, 0) is 68.7 Å². The number of aryl methyl sites for hydroxylation is 2. The molecule has 0 saturated heterocycles. The van der Waals surface area contributed by atoms with Gasteiger partial charge in [0.25, 0.3) is 0 Å². The van der Waals surface area contributed by atoms with Crippen molar-refractivity contribution in [3.63, 3.8) is 0 Å². The molecule has 1 aromatic carbocycles. The third-order valence-corrected chi connectivity index (χ3v) is 7.07. The normalized spacial score (nSPS) is 20.7. The van der Waals surface area contributed by atoms with Crippen molar-refractivity contribution in [3.05, 3.63) is 51.0 Å². The number of aromatic amines is 1. The molecule has 0 fully saturated rings. The average Bonchev–Trinajstić information content (AvgIpc) is 2.98. The number of hydrogen-bond acceptors (Lipinski definition) is 4. The van der Waals surface area contributed by atoms with E-state index >= 15 is 0 Å². The number of aromatic hydroxyl groups is 1. The van der Waals surface area contributed by atoms with Crippen LogP contribution < -0.4 is 4.90 Å². The SMILES string of the molecule is CCc1c(C)[nH]c(C2=C(O)C(c3cc4c5c(c3O)CCCN5CCC4)C2=O)c1C. The molecule has 2 aliphatic heterocycles. The highest BCUT2D eigenvalue weighted by molar-refractivity contribution is 6.32. The molecule has 1 unspecified atom stereocenters. The van der Waals surface area contributed by atoms with Gasteiger partial charge in [-0.2, -0.15) is 0 Å². The van der Waals surface area contributed by atoms with E-state index in [2.05, 4.69) is 16.8 Å². The van der Waals surface area contributed by atoms with Crippen LogP contribution in [0.4, 0.5) is 5.69 Å². The highest BCUT2D eigenvalue weighted by atomic mass is 16.3. The number of anilines is 1. The molecule has 0 bridgehead atoms. The second-order valence-electron chi connectivity index (χ2n) is 8.63. The maximum atomic E-state index is 13.2. The fourth-order valence-electron chi connectivity index (χ4n) is 5.66. The number of aromatic nitrogens is 1. The number of phenols is 1. The number of aliphatic hydroxyl groups excluding tert-OH is 1. The Hall–Kier alpha value is -2.69. The number of allylic oxidation sites excluding steroid dienone is 2. The largest absolute Gasteiger partial charge is 0.510 e. The fraction of sp³-hybridized carbons (Fsp3) is 0.458. The van der Waals surface area contributed by atoms with Gasteiger partial charge in [-0.3, -0.25) is 4.79 Å². The fourth-order valence-corrected chi connectivity index (χ4v) is 5.66. The number of rotatable bonds is 3. The van der Waals surface area contributed by atoms with Gasteiger partial charge in [0.05, 0.1) is 11.3 Å². The van der Waals surface area contributed by atoms with Gasteiger partial charge in [0.2, 0.25) is 0 Å². The Bertz CT molecular complexity index is 1070. The summed E-state index contributed by atoms with van der Waals surface area (Å²) in [5, 5.41) is 22.0. The summed E-state index contributed by atoms with van der Waals surface area (Å²) in [5.74, 6) is -0.585. The quantitative estimate of drug-likeness (QED) is 0.730. The number of Topliss-reactive ketones (excluding diaryl/α,β-unsaturated/α-hetero) is 1. The minimum absolute atomic E-state index is 0.0768. The lowest BCUT2D eigenvalue weighted by molar-refractivity contribution is -0.116. The van der Waals surface area contributed by atoms with Gasteiger partial charge in [0, 0.05) is 35.6 Å². The van der Waals surface area contributed by atoms with Crippen LogP contribution in [0.5, 0.6) is 5.75 Å². The van der Waals surface area contributed by atoms with E-state index in [1.807, 2.05) is 19.9 Å². The molecular weight excluding hydrogens is 364 g/mol. The zero-order chi connectivity index (χ0) is 20.4. The van der Waals surface area contributed by atoms with E-state index in [0.29, 0.717) is 11.1 Å². The number of nitrogens with zero attached hydrogens (tertiary/aromatic N) is 1. The van der Waals surface area contributed by atoms with E-state index in [0.717, 1.165) is 67.7 Å². The molecule has 1 atom stereocenters. The van der Waals surface area contributed by atoms with E-state index in [1.165, 1.54) is 16.8 Å². The van der Waals surface area contributed by atoms with Gasteiger partial charge in [-0.25, -0.2) is 0 Å². The molecule has 0 radical (unpaired) electrons. The van der Waals surface area contributed by atoms with E-state index in [9.17, 15) is 15.0 Å². The number of phenolic OH excluding ortho intramolecular Hbond substituents is 1. The van der Waals surface area contributed by atoms with Gasteiger partial charge >= 0.3 is 0 Å². The molecule has 152 valence electrons. The number of carbonyl (C=O) groups is 1. The monoisotopic (exact) mass is 392 g/mol. The highest BCUT2D eigenvalue weighted by Crippen LogP contribution is 2.50. The molecule has 0 saturated carbocycles. The third kappa shape index (κ3) is 2.42. The maximum Gasteiger partial charge on any atom is 0.183 e. The number of H-pyrrole nitrogens is 1. The second-order valence-corrected chi connectivity index (χ2v) is 8.63. The number of carbonyl (C=O) groups excluding carboxylic acids is 1. The minimum Gasteiger partial charge on any atom is -0.510 e. The van der Waals surface area contributed by atoms with Crippen molar-refractivity contribution in [2.45, 2.75) is 58.8 Å². The number of ketones is 1. The van der Waals surface area contributed by atoms with Crippen LogP contribution in [0.2, 0.25) is 0 Å². The first-order chi connectivity index (χ1) is 13.9. The Morgan fingerprint density at radius 3 is 2.55 bits per heavy atom. The van der Waals surface area contributed by atoms with Gasteiger partial charge < -0.3 is 20.1 Å². The molecule has 3 heterocycles. The van der Waals surface area contributed by atoms with Crippen molar-refractivity contribution in [1.29, 1.82) is 0 Å². The van der Waals surface area contributed by atoms with Gasteiger partial charge in [-0.1, -0.05) is 6.92 Å². The lowest BCUT2D eigenvalue weighted by atomic mass is 9.73. The standard InChI is InChI=1S/C24H28N2O3/c1-4-15-12(2)20(25-13(15)3)19-23(28)18(24(19)29)17-11-14-7-5-9-26-10-6-8-16(21(14)26)22(17)27/h11,18,25,27-28H,4-10H2,1-3H3. The summed E-state index contributed by atoms with van der Waals surface area (Å²) in [5.41, 5.74) is 8.26. The summed E-state index contributed by atoms with van der Waals surface area (Å²) in [6.07, 6.45) is 4.76. The van der Waals surface area contributed by atoms with Crippen molar-refractivity contribution >= 4 is 17.0 Å². The van der Waals surface area contributed by atoms with Crippen LogP contribution in [0, 0.1) is 13.8 Å². The first-order valence-corrected chi connectivity index (χ1v) is 10.7. The van der Waals surface area contributed by atoms with Gasteiger partial charge in [0.15, 0.2) is 5.78 Å². The Morgan fingerprint density at radius 1 is 1.17 bits per heavy atom. The van der Waals surface area contributed by atoms with Gasteiger partial charge in [0.1, 0.15) is 17.4 Å². The van der Waals surface area contributed by atoms with Crippen molar-refractivity contribution in [2.24, 2.45) is 0 Å². The Kier molecular flexibility index (Phi) is 4.05. The molecule has 3 aliphatic rings. The molecule has 5 nitrogen and oxygen atoms in total.